The Labute approximate surface area is 129 Å². The number of hydrogen-bond donors (Lipinski definition) is 0. The van der Waals surface area contributed by atoms with Gasteiger partial charge in [0.15, 0.2) is 5.12 Å². The summed E-state index contributed by atoms with van der Waals surface area (Å²) in [6.07, 6.45) is 0.495. The number of thioether (sulfide) groups is 1. The molecule has 0 spiro atoms. The maximum Gasteiger partial charge on any atom is 0.227 e. The zero-order valence-corrected chi connectivity index (χ0v) is 13.5. The maximum absolute atomic E-state index is 12.0. The molecule has 19 heavy (non-hydrogen) atoms. The lowest BCUT2D eigenvalue weighted by atomic mass is 10.1. The molecule has 1 saturated heterocycles. The van der Waals surface area contributed by atoms with Crippen LogP contribution < -0.4 is 4.90 Å². The third-order valence-corrected chi connectivity index (χ3v) is 4.84. The van der Waals surface area contributed by atoms with Crippen LogP contribution in [-0.2, 0) is 9.59 Å². The van der Waals surface area contributed by atoms with Crippen LogP contribution in [0.5, 0.6) is 0 Å². The number of anilines is 1. The minimum atomic E-state index is 0.0946. The summed E-state index contributed by atoms with van der Waals surface area (Å²) in [7, 11) is 0. The predicted octanol–water partition coefficient (Wildman–Crippen LogP) is 3.74. The molecule has 2 rings (SSSR count). The molecule has 6 heteroatoms. The third-order valence-electron chi connectivity index (χ3n) is 2.93. The van der Waals surface area contributed by atoms with Crippen molar-refractivity contribution in [3.05, 3.63) is 27.7 Å². The number of carbonyl (C=O) groups excluding carboxylic acids is 2. The summed E-state index contributed by atoms with van der Waals surface area (Å²) in [5.41, 5.74) is 0.838. The molecule has 1 aromatic rings. The Morgan fingerprint density at radius 3 is 2.95 bits per heavy atom. The van der Waals surface area contributed by atoms with Crippen molar-refractivity contribution in [3.8, 4) is 0 Å². The molecule has 1 fully saturated rings. The van der Waals surface area contributed by atoms with Gasteiger partial charge >= 0.3 is 0 Å². The number of nitrogens with zero attached hydrogens (tertiary/aromatic N) is 1. The first kappa shape index (κ1) is 14.9. The minimum Gasteiger partial charge on any atom is -0.311 e. The van der Waals surface area contributed by atoms with E-state index in [1.54, 1.807) is 24.0 Å². The van der Waals surface area contributed by atoms with Crippen LogP contribution in [-0.4, -0.2) is 23.3 Å². The summed E-state index contributed by atoms with van der Waals surface area (Å²) in [6.45, 7) is 2.20. The number of amides is 1. The van der Waals surface area contributed by atoms with Crippen LogP contribution in [0.15, 0.2) is 22.7 Å². The van der Waals surface area contributed by atoms with Crippen molar-refractivity contribution in [1.29, 1.82) is 0 Å². The Morgan fingerprint density at radius 1 is 1.58 bits per heavy atom. The largest absolute Gasteiger partial charge is 0.311 e. The van der Waals surface area contributed by atoms with Crippen LogP contribution >= 0.6 is 39.3 Å². The second-order valence-corrected chi connectivity index (χ2v) is 6.96. The van der Waals surface area contributed by atoms with Crippen LogP contribution in [0, 0.1) is 5.92 Å². The third kappa shape index (κ3) is 3.74. The summed E-state index contributed by atoms with van der Waals surface area (Å²) in [6, 6.07) is 5.39. The Morgan fingerprint density at radius 2 is 2.32 bits per heavy atom. The summed E-state index contributed by atoms with van der Waals surface area (Å²) in [5, 5.41) is 0.726. The topological polar surface area (TPSA) is 37.4 Å². The standard InChI is InChI=1S/C13H13BrClNO2S/c1-8(17)19-7-9-4-13(18)16(6-9)12-3-2-10(15)5-11(12)14/h2-3,5,9H,4,6-7H2,1H3. The van der Waals surface area contributed by atoms with Gasteiger partial charge in [-0.15, -0.1) is 0 Å². The zero-order valence-electron chi connectivity index (χ0n) is 10.4. The molecule has 0 bridgehead atoms. The second kappa shape index (κ2) is 6.29. The van der Waals surface area contributed by atoms with Gasteiger partial charge in [-0.2, -0.15) is 0 Å². The van der Waals surface area contributed by atoms with E-state index >= 15 is 0 Å². The molecular weight excluding hydrogens is 350 g/mol. The Balaban J connectivity index is 2.09. The molecule has 0 radical (unpaired) electrons. The van der Waals surface area contributed by atoms with Gasteiger partial charge in [-0.05, 0) is 40.0 Å². The van der Waals surface area contributed by atoms with E-state index < -0.39 is 0 Å². The fourth-order valence-corrected chi connectivity index (χ4v) is 3.65. The molecule has 1 aliphatic heterocycles. The molecular formula is C13H13BrClNO2S. The summed E-state index contributed by atoms with van der Waals surface area (Å²) >= 11 is 10.6. The Bertz CT molecular complexity index is 523. The van der Waals surface area contributed by atoms with Crippen molar-refractivity contribution in [2.45, 2.75) is 13.3 Å². The van der Waals surface area contributed by atoms with Crippen molar-refractivity contribution in [2.24, 2.45) is 5.92 Å². The molecule has 1 atom stereocenters. The molecule has 1 aromatic carbocycles. The van der Waals surface area contributed by atoms with Gasteiger partial charge in [0.1, 0.15) is 0 Å². The quantitative estimate of drug-likeness (QED) is 0.822. The first-order valence-electron chi connectivity index (χ1n) is 5.86. The second-order valence-electron chi connectivity index (χ2n) is 4.47. The van der Waals surface area contributed by atoms with Crippen molar-refractivity contribution in [3.63, 3.8) is 0 Å². The van der Waals surface area contributed by atoms with E-state index in [1.165, 1.54) is 11.8 Å². The van der Waals surface area contributed by atoms with E-state index in [2.05, 4.69) is 15.9 Å². The van der Waals surface area contributed by atoms with E-state index in [9.17, 15) is 9.59 Å². The van der Waals surface area contributed by atoms with Crippen molar-refractivity contribution in [1.82, 2.24) is 0 Å². The van der Waals surface area contributed by atoms with Crippen LogP contribution in [0.1, 0.15) is 13.3 Å². The lowest BCUT2D eigenvalue weighted by Crippen LogP contribution is -2.25. The van der Waals surface area contributed by atoms with Gasteiger partial charge in [0.25, 0.3) is 0 Å². The molecule has 1 amide bonds. The van der Waals surface area contributed by atoms with Crippen LogP contribution in [0.4, 0.5) is 5.69 Å². The van der Waals surface area contributed by atoms with Crippen LogP contribution in [0.3, 0.4) is 0 Å². The Kier molecular flexibility index (Phi) is 4.92. The lowest BCUT2D eigenvalue weighted by molar-refractivity contribution is -0.117. The average molecular weight is 363 g/mol. The van der Waals surface area contributed by atoms with Gasteiger partial charge in [0.2, 0.25) is 5.91 Å². The number of halogens is 2. The molecule has 0 aliphatic carbocycles. The smallest absolute Gasteiger partial charge is 0.227 e. The van der Waals surface area contributed by atoms with Gasteiger partial charge in [0.05, 0.1) is 5.69 Å². The summed E-state index contributed by atoms with van der Waals surface area (Å²) in [4.78, 5) is 24.8. The highest BCUT2D eigenvalue weighted by atomic mass is 79.9. The summed E-state index contributed by atoms with van der Waals surface area (Å²) < 4.78 is 0.813. The van der Waals surface area contributed by atoms with E-state index in [0.29, 0.717) is 23.7 Å². The molecule has 0 saturated carbocycles. The predicted molar refractivity (Wildman–Crippen MR) is 82.8 cm³/mol. The van der Waals surface area contributed by atoms with Gasteiger partial charge in [-0.25, -0.2) is 0 Å². The number of benzene rings is 1. The maximum atomic E-state index is 12.0. The van der Waals surface area contributed by atoms with Gasteiger partial charge in [-0.3, -0.25) is 9.59 Å². The highest BCUT2D eigenvalue weighted by Gasteiger charge is 2.31. The minimum absolute atomic E-state index is 0.0946. The number of rotatable bonds is 3. The molecule has 3 nitrogen and oxygen atoms in total. The molecule has 0 aromatic heterocycles. The lowest BCUT2D eigenvalue weighted by Gasteiger charge is -2.18. The van der Waals surface area contributed by atoms with Gasteiger partial charge in [-0.1, -0.05) is 23.4 Å². The molecule has 1 aliphatic rings. The van der Waals surface area contributed by atoms with Gasteiger partial charge in [0, 0.05) is 35.1 Å². The fraction of sp³-hybridized carbons (Fsp3) is 0.385. The highest BCUT2D eigenvalue weighted by molar-refractivity contribution is 9.10. The molecule has 1 heterocycles. The van der Waals surface area contributed by atoms with E-state index in [4.69, 9.17) is 11.6 Å². The highest BCUT2D eigenvalue weighted by Crippen LogP contribution is 2.34. The van der Waals surface area contributed by atoms with Crippen molar-refractivity contribution >= 4 is 56.0 Å². The average Bonchev–Trinajstić information content (AvgIpc) is 2.68. The van der Waals surface area contributed by atoms with E-state index in [-0.39, 0.29) is 16.9 Å². The van der Waals surface area contributed by atoms with Crippen molar-refractivity contribution < 1.29 is 9.59 Å². The van der Waals surface area contributed by atoms with Gasteiger partial charge < -0.3 is 4.90 Å². The molecule has 1 unspecified atom stereocenters. The molecule has 0 N–H and O–H groups in total. The Hall–Kier alpha value is -0.520. The van der Waals surface area contributed by atoms with E-state index in [1.807, 2.05) is 6.07 Å². The fourth-order valence-electron chi connectivity index (χ4n) is 2.06. The SMILES string of the molecule is CC(=O)SCC1CC(=O)N(c2ccc(Cl)cc2Br)C1. The van der Waals surface area contributed by atoms with Crippen molar-refractivity contribution in [2.75, 3.05) is 17.2 Å². The molecule has 102 valence electrons. The van der Waals surface area contributed by atoms with Crippen LogP contribution in [0.25, 0.3) is 0 Å². The van der Waals surface area contributed by atoms with E-state index in [0.717, 1.165) is 10.2 Å². The number of carbonyl (C=O) groups is 2. The first-order valence-corrected chi connectivity index (χ1v) is 8.02. The zero-order chi connectivity index (χ0) is 14.0. The number of hydrogen-bond acceptors (Lipinski definition) is 3. The summed E-state index contributed by atoms with van der Waals surface area (Å²) in [5.74, 6) is 1.02. The van der Waals surface area contributed by atoms with Crippen LogP contribution in [0.2, 0.25) is 5.02 Å². The monoisotopic (exact) mass is 361 g/mol. The normalized spacial score (nSPS) is 19.0. The first-order chi connectivity index (χ1) is 8.97.